The summed E-state index contributed by atoms with van der Waals surface area (Å²) in [6.07, 6.45) is 0. The van der Waals surface area contributed by atoms with Crippen LogP contribution in [0.25, 0.3) is 0 Å². The summed E-state index contributed by atoms with van der Waals surface area (Å²) in [5.74, 6) is -0.722. The molecule has 76 valence electrons. The Labute approximate surface area is 89.9 Å². The maximum absolute atomic E-state index is 13.1. The summed E-state index contributed by atoms with van der Waals surface area (Å²) in [6, 6.07) is 4.07. The number of aliphatic hydroxyl groups excluding tert-OH is 1. The van der Waals surface area contributed by atoms with Crippen molar-refractivity contribution in [2.75, 3.05) is 0 Å². The lowest BCUT2D eigenvalue weighted by atomic mass is 10.1. The molecule has 0 aliphatic heterocycles. The highest BCUT2D eigenvalue weighted by molar-refractivity contribution is 9.10. The van der Waals surface area contributed by atoms with Gasteiger partial charge in [-0.2, -0.15) is 0 Å². The predicted octanol–water partition coefficient (Wildman–Crippen LogP) is 2.28. The van der Waals surface area contributed by atoms with Crippen molar-refractivity contribution in [1.29, 1.82) is 0 Å². The molecule has 0 saturated carbocycles. The van der Waals surface area contributed by atoms with Crippen molar-refractivity contribution in [2.45, 2.75) is 18.4 Å². The molecule has 0 saturated heterocycles. The van der Waals surface area contributed by atoms with Gasteiger partial charge in [0, 0.05) is 11.1 Å². The van der Waals surface area contributed by atoms with Gasteiger partial charge in [0.05, 0.1) is 11.4 Å². The first-order chi connectivity index (χ1) is 6.56. The second-order valence-corrected chi connectivity index (χ2v) is 4.32. The van der Waals surface area contributed by atoms with E-state index in [0.717, 1.165) is 6.07 Å². The summed E-state index contributed by atoms with van der Waals surface area (Å²) >= 11 is 3.12. The minimum atomic E-state index is -0.550. The lowest BCUT2D eigenvalue weighted by Gasteiger charge is -2.04. The fourth-order valence-electron chi connectivity index (χ4n) is 1.06. The van der Waals surface area contributed by atoms with Crippen LogP contribution in [0.4, 0.5) is 4.39 Å². The van der Waals surface area contributed by atoms with Gasteiger partial charge in [-0.15, -0.1) is 0 Å². The molecule has 1 aromatic carbocycles. The zero-order valence-corrected chi connectivity index (χ0v) is 9.21. The predicted molar refractivity (Wildman–Crippen MR) is 55.0 cm³/mol. The van der Waals surface area contributed by atoms with Crippen LogP contribution in [0.3, 0.4) is 0 Å². The quantitative estimate of drug-likeness (QED) is 0.669. The van der Waals surface area contributed by atoms with Crippen LogP contribution in [0.1, 0.15) is 22.8 Å². The van der Waals surface area contributed by atoms with E-state index in [9.17, 15) is 9.18 Å². The molecule has 4 heteroatoms. The number of alkyl halides is 1. The van der Waals surface area contributed by atoms with Crippen LogP contribution in [0.15, 0.2) is 18.2 Å². The highest BCUT2D eigenvalue weighted by Crippen LogP contribution is 2.14. The van der Waals surface area contributed by atoms with Crippen LogP contribution in [-0.2, 0) is 6.61 Å². The molecule has 0 fully saturated rings. The number of carbonyl (C=O) groups is 1. The number of ketones is 1. The van der Waals surface area contributed by atoms with Gasteiger partial charge in [0.2, 0.25) is 0 Å². The van der Waals surface area contributed by atoms with Gasteiger partial charge in [0.15, 0.2) is 5.78 Å². The summed E-state index contributed by atoms with van der Waals surface area (Å²) in [7, 11) is 0. The Kier molecular flexibility index (Phi) is 3.77. The zero-order valence-electron chi connectivity index (χ0n) is 7.63. The molecule has 1 atom stereocenters. The lowest BCUT2D eigenvalue weighted by Crippen LogP contribution is -2.10. The number of hydrogen-bond donors (Lipinski definition) is 1. The van der Waals surface area contributed by atoms with E-state index in [-0.39, 0.29) is 22.8 Å². The van der Waals surface area contributed by atoms with E-state index in [2.05, 4.69) is 15.9 Å². The van der Waals surface area contributed by atoms with Crippen molar-refractivity contribution in [1.82, 2.24) is 0 Å². The van der Waals surface area contributed by atoms with E-state index in [1.807, 2.05) is 0 Å². The first-order valence-electron chi connectivity index (χ1n) is 4.14. The van der Waals surface area contributed by atoms with Gasteiger partial charge in [-0.05, 0) is 13.0 Å². The molecular weight excluding hydrogens is 251 g/mol. The summed E-state index contributed by atoms with van der Waals surface area (Å²) in [5, 5.41) is 8.72. The Balaban J connectivity index is 3.03. The van der Waals surface area contributed by atoms with Gasteiger partial charge in [0.25, 0.3) is 0 Å². The average Bonchev–Trinajstić information content (AvgIpc) is 2.16. The van der Waals surface area contributed by atoms with Crippen LogP contribution in [0, 0.1) is 5.82 Å². The summed E-state index contributed by atoms with van der Waals surface area (Å²) < 4.78 is 13.1. The fraction of sp³-hybridized carbons (Fsp3) is 0.300. The second kappa shape index (κ2) is 4.66. The summed E-state index contributed by atoms with van der Waals surface area (Å²) in [6.45, 7) is 1.32. The summed E-state index contributed by atoms with van der Waals surface area (Å²) in [5.41, 5.74) is 0.507. The van der Waals surface area contributed by atoms with Crippen LogP contribution in [-0.4, -0.2) is 15.7 Å². The van der Waals surface area contributed by atoms with E-state index in [0.29, 0.717) is 5.56 Å². The van der Waals surface area contributed by atoms with Gasteiger partial charge < -0.3 is 5.11 Å². The van der Waals surface area contributed by atoms with Crippen molar-refractivity contribution in [3.8, 4) is 0 Å². The highest BCUT2D eigenvalue weighted by atomic mass is 79.9. The molecule has 1 aromatic rings. The van der Waals surface area contributed by atoms with Crippen molar-refractivity contribution >= 4 is 21.7 Å². The number of aliphatic hydroxyl groups is 1. The second-order valence-electron chi connectivity index (χ2n) is 2.94. The van der Waals surface area contributed by atoms with Crippen molar-refractivity contribution in [3.63, 3.8) is 0 Å². The number of benzene rings is 1. The monoisotopic (exact) mass is 260 g/mol. The fourth-order valence-corrected chi connectivity index (χ4v) is 1.32. The number of hydrogen-bond acceptors (Lipinski definition) is 2. The first-order valence-corrected chi connectivity index (χ1v) is 5.05. The minimum Gasteiger partial charge on any atom is -0.392 e. The SMILES string of the molecule is CC(Br)C(=O)c1ccc(CO)c(F)c1. The van der Waals surface area contributed by atoms with E-state index in [1.54, 1.807) is 6.92 Å². The normalized spacial score (nSPS) is 12.6. The zero-order chi connectivity index (χ0) is 10.7. The number of Topliss-reactive ketones (excluding diaryl/α,β-unsaturated/α-hetero) is 1. The van der Waals surface area contributed by atoms with Crippen molar-refractivity contribution in [2.24, 2.45) is 0 Å². The smallest absolute Gasteiger partial charge is 0.176 e. The third-order valence-electron chi connectivity index (χ3n) is 1.87. The molecule has 0 aliphatic carbocycles. The molecule has 2 nitrogen and oxygen atoms in total. The Hall–Kier alpha value is -0.740. The van der Waals surface area contributed by atoms with E-state index in [1.165, 1.54) is 12.1 Å². The Bertz CT molecular complexity index is 350. The van der Waals surface area contributed by atoms with E-state index >= 15 is 0 Å². The Morgan fingerprint density at radius 3 is 2.71 bits per heavy atom. The van der Waals surface area contributed by atoms with Gasteiger partial charge in [-0.25, -0.2) is 4.39 Å². The van der Waals surface area contributed by atoms with Gasteiger partial charge in [-0.3, -0.25) is 4.79 Å². The number of carbonyl (C=O) groups excluding carboxylic acids is 1. The maximum Gasteiger partial charge on any atom is 0.176 e. The lowest BCUT2D eigenvalue weighted by molar-refractivity contribution is 0.0995. The highest BCUT2D eigenvalue weighted by Gasteiger charge is 2.13. The van der Waals surface area contributed by atoms with Gasteiger partial charge in [-0.1, -0.05) is 28.1 Å². The molecule has 0 aliphatic rings. The van der Waals surface area contributed by atoms with Crippen LogP contribution in [0.2, 0.25) is 0 Å². The van der Waals surface area contributed by atoms with E-state index < -0.39 is 5.82 Å². The standard InChI is InChI=1S/C10H10BrFO2/c1-6(11)10(14)7-2-3-8(5-13)9(12)4-7/h2-4,6,13H,5H2,1H3. The molecule has 1 N–H and O–H groups in total. The molecule has 0 amide bonds. The maximum atomic E-state index is 13.1. The molecule has 1 unspecified atom stereocenters. The molecule has 0 aromatic heterocycles. The Morgan fingerprint density at radius 1 is 1.64 bits per heavy atom. The molecular formula is C10H10BrFO2. The minimum absolute atomic E-state index is 0.173. The van der Waals surface area contributed by atoms with E-state index in [4.69, 9.17) is 5.11 Å². The third-order valence-corrected chi connectivity index (χ3v) is 2.29. The molecule has 14 heavy (non-hydrogen) atoms. The van der Waals surface area contributed by atoms with Crippen molar-refractivity contribution in [3.05, 3.63) is 35.1 Å². The average molecular weight is 261 g/mol. The van der Waals surface area contributed by atoms with Crippen molar-refractivity contribution < 1.29 is 14.3 Å². The molecule has 0 heterocycles. The third kappa shape index (κ3) is 2.39. The molecule has 0 radical (unpaired) electrons. The van der Waals surface area contributed by atoms with Crippen LogP contribution >= 0.6 is 15.9 Å². The number of halogens is 2. The van der Waals surface area contributed by atoms with Crippen LogP contribution in [0.5, 0.6) is 0 Å². The topological polar surface area (TPSA) is 37.3 Å². The Morgan fingerprint density at radius 2 is 2.29 bits per heavy atom. The van der Waals surface area contributed by atoms with Gasteiger partial charge >= 0.3 is 0 Å². The largest absolute Gasteiger partial charge is 0.392 e. The van der Waals surface area contributed by atoms with Crippen LogP contribution < -0.4 is 0 Å². The molecule has 1 rings (SSSR count). The summed E-state index contributed by atoms with van der Waals surface area (Å²) in [4.78, 5) is 11.1. The number of rotatable bonds is 3. The molecule has 0 bridgehead atoms. The van der Waals surface area contributed by atoms with Gasteiger partial charge in [0.1, 0.15) is 5.82 Å². The first kappa shape index (κ1) is 11.3. The molecule has 0 spiro atoms.